The zero-order chi connectivity index (χ0) is 19.2. The summed E-state index contributed by atoms with van der Waals surface area (Å²) >= 11 is 9.07. The van der Waals surface area contributed by atoms with Crippen molar-refractivity contribution < 1.29 is 18.7 Å². The van der Waals surface area contributed by atoms with Crippen LogP contribution in [0, 0.1) is 0 Å². The van der Waals surface area contributed by atoms with Crippen LogP contribution in [0.25, 0.3) is 0 Å². The summed E-state index contributed by atoms with van der Waals surface area (Å²) in [5.74, 6) is -0.0450. The zero-order valence-electron chi connectivity index (χ0n) is 13.7. The first kappa shape index (κ1) is 18.9. The molecular formula is C18H13BrClN3O4. The standard InChI is InChI=1S/C18H13BrClN3O4/c19-11-8-14(16(20)21-9-11)17(24)22-23-18(25)15-7-6-13(27-15)10-26-12-4-2-1-3-5-12/h1-9H,10H2,(H,22,24)(H,23,25). The van der Waals surface area contributed by atoms with Crippen LogP contribution in [0.5, 0.6) is 5.75 Å². The van der Waals surface area contributed by atoms with E-state index in [1.165, 1.54) is 18.3 Å². The topological polar surface area (TPSA) is 93.5 Å². The minimum atomic E-state index is -0.617. The molecule has 0 unspecified atom stereocenters. The first-order valence-corrected chi connectivity index (χ1v) is 8.88. The van der Waals surface area contributed by atoms with Gasteiger partial charge in [-0.05, 0) is 46.3 Å². The van der Waals surface area contributed by atoms with Gasteiger partial charge in [-0.1, -0.05) is 29.8 Å². The zero-order valence-corrected chi connectivity index (χ0v) is 16.1. The van der Waals surface area contributed by atoms with E-state index in [2.05, 4.69) is 31.8 Å². The van der Waals surface area contributed by atoms with Gasteiger partial charge in [-0.2, -0.15) is 0 Å². The van der Waals surface area contributed by atoms with E-state index in [0.717, 1.165) is 0 Å². The Hall–Kier alpha value is -2.84. The molecule has 2 amide bonds. The first-order chi connectivity index (χ1) is 13.0. The second-order valence-corrected chi connectivity index (χ2v) is 6.54. The Labute approximate surface area is 167 Å². The molecule has 3 rings (SSSR count). The molecule has 0 fully saturated rings. The van der Waals surface area contributed by atoms with Crippen molar-refractivity contribution in [1.82, 2.24) is 15.8 Å². The molecule has 1 aromatic carbocycles. The monoisotopic (exact) mass is 449 g/mol. The Balaban J connectivity index is 1.55. The normalized spacial score (nSPS) is 10.3. The van der Waals surface area contributed by atoms with Crippen molar-refractivity contribution in [2.24, 2.45) is 0 Å². The number of rotatable bonds is 5. The molecule has 2 N–H and O–H groups in total. The summed E-state index contributed by atoms with van der Waals surface area (Å²) in [6, 6.07) is 13.8. The van der Waals surface area contributed by atoms with Gasteiger partial charge in [0.1, 0.15) is 23.3 Å². The minimum Gasteiger partial charge on any atom is -0.486 e. The Kier molecular flexibility index (Phi) is 6.10. The fraction of sp³-hybridized carbons (Fsp3) is 0.0556. The van der Waals surface area contributed by atoms with Crippen LogP contribution in [0.1, 0.15) is 26.7 Å². The Morgan fingerprint density at radius 1 is 1.11 bits per heavy atom. The molecule has 0 saturated heterocycles. The number of halogens is 2. The van der Waals surface area contributed by atoms with Crippen LogP contribution in [0.2, 0.25) is 5.15 Å². The van der Waals surface area contributed by atoms with Crippen molar-refractivity contribution in [2.75, 3.05) is 0 Å². The second kappa shape index (κ2) is 8.70. The number of carbonyl (C=O) groups is 2. The third-order valence-electron chi connectivity index (χ3n) is 3.35. The Morgan fingerprint density at radius 3 is 2.63 bits per heavy atom. The maximum Gasteiger partial charge on any atom is 0.305 e. The van der Waals surface area contributed by atoms with Gasteiger partial charge in [-0.3, -0.25) is 20.4 Å². The molecule has 0 bridgehead atoms. The molecule has 2 heterocycles. The summed E-state index contributed by atoms with van der Waals surface area (Å²) < 4.78 is 11.5. The molecular weight excluding hydrogens is 438 g/mol. The van der Waals surface area contributed by atoms with Crippen molar-refractivity contribution in [2.45, 2.75) is 6.61 Å². The quantitative estimate of drug-likeness (QED) is 0.456. The van der Waals surface area contributed by atoms with E-state index in [1.54, 1.807) is 6.07 Å². The van der Waals surface area contributed by atoms with Gasteiger partial charge in [0.25, 0.3) is 5.91 Å². The van der Waals surface area contributed by atoms with Crippen LogP contribution in [-0.2, 0) is 6.61 Å². The smallest absolute Gasteiger partial charge is 0.305 e. The summed E-state index contributed by atoms with van der Waals surface area (Å²) in [7, 11) is 0. The number of nitrogens with zero attached hydrogens (tertiary/aromatic N) is 1. The lowest BCUT2D eigenvalue weighted by atomic mass is 10.3. The van der Waals surface area contributed by atoms with E-state index in [0.29, 0.717) is 16.0 Å². The van der Waals surface area contributed by atoms with Crippen molar-refractivity contribution in [3.05, 3.63) is 81.4 Å². The number of amides is 2. The fourth-order valence-corrected chi connectivity index (χ4v) is 2.59. The number of benzene rings is 1. The highest BCUT2D eigenvalue weighted by Crippen LogP contribution is 2.18. The molecule has 27 heavy (non-hydrogen) atoms. The van der Waals surface area contributed by atoms with Crippen molar-refractivity contribution in [1.29, 1.82) is 0 Å². The highest BCUT2D eigenvalue weighted by atomic mass is 79.9. The fourth-order valence-electron chi connectivity index (χ4n) is 2.07. The van der Waals surface area contributed by atoms with Gasteiger partial charge >= 0.3 is 5.91 Å². The lowest BCUT2D eigenvalue weighted by Gasteiger charge is -2.07. The van der Waals surface area contributed by atoms with Crippen molar-refractivity contribution in [3.63, 3.8) is 0 Å². The van der Waals surface area contributed by atoms with Crippen LogP contribution in [0.4, 0.5) is 0 Å². The van der Waals surface area contributed by atoms with Crippen molar-refractivity contribution >= 4 is 39.3 Å². The van der Waals surface area contributed by atoms with Gasteiger partial charge in [0, 0.05) is 10.7 Å². The number of nitrogens with one attached hydrogen (secondary N) is 2. The van der Waals surface area contributed by atoms with Crippen LogP contribution in [0.3, 0.4) is 0 Å². The average molecular weight is 451 g/mol. The van der Waals surface area contributed by atoms with E-state index < -0.39 is 11.8 Å². The van der Waals surface area contributed by atoms with Crippen molar-refractivity contribution in [3.8, 4) is 5.75 Å². The van der Waals surface area contributed by atoms with Gasteiger partial charge < -0.3 is 9.15 Å². The number of carbonyl (C=O) groups excluding carboxylic acids is 2. The number of para-hydroxylation sites is 1. The molecule has 0 aliphatic carbocycles. The molecule has 2 aromatic heterocycles. The van der Waals surface area contributed by atoms with Crippen LogP contribution in [0.15, 0.2) is 63.6 Å². The van der Waals surface area contributed by atoms with E-state index in [4.69, 9.17) is 20.8 Å². The molecule has 0 atom stereocenters. The van der Waals surface area contributed by atoms with E-state index in [1.807, 2.05) is 30.3 Å². The van der Waals surface area contributed by atoms with E-state index in [9.17, 15) is 9.59 Å². The molecule has 0 saturated carbocycles. The number of hydrogen-bond acceptors (Lipinski definition) is 5. The van der Waals surface area contributed by atoms with E-state index in [-0.39, 0.29) is 23.1 Å². The number of hydrogen-bond donors (Lipinski definition) is 2. The van der Waals surface area contributed by atoms with Crippen LogP contribution < -0.4 is 15.6 Å². The lowest BCUT2D eigenvalue weighted by Crippen LogP contribution is -2.41. The number of aromatic nitrogens is 1. The Morgan fingerprint density at radius 2 is 1.85 bits per heavy atom. The van der Waals surface area contributed by atoms with Gasteiger partial charge in [-0.25, -0.2) is 4.98 Å². The predicted molar refractivity (Wildman–Crippen MR) is 101 cm³/mol. The third kappa shape index (κ3) is 5.08. The second-order valence-electron chi connectivity index (χ2n) is 5.27. The predicted octanol–water partition coefficient (Wildman–Crippen LogP) is 3.74. The summed E-state index contributed by atoms with van der Waals surface area (Å²) in [6.07, 6.45) is 1.46. The van der Waals surface area contributed by atoms with Gasteiger partial charge in [0.2, 0.25) is 0 Å². The van der Waals surface area contributed by atoms with Crippen LogP contribution in [-0.4, -0.2) is 16.8 Å². The average Bonchev–Trinajstić information content (AvgIpc) is 3.16. The SMILES string of the molecule is O=C(NNC(=O)c1cc(Br)cnc1Cl)c1ccc(COc2ccccc2)o1. The molecule has 0 aliphatic heterocycles. The highest BCUT2D eigenvalue weighted by Gasteiger charge is 2.16. The maximum absolute atomic E-state index is 12.1. The minimum absolute atomic E-state index is 0.0169. The molecule has 7 nitrogen and oxygen atoms in total. The first-order valence-electron chi connectivity index (χ1n) is 7.71. The molecule has 0 radical (unpaired) electrons. The molecule has 3 aromatic rings. The number of pyridine rings is 1. The van der Waals surface area contributed by atoms with E-state index >= 15 is 0 Å². The molecule has 9 heteroatoms. The number of hydrazine groups is 1. The largest absolute Gasteiger partial charge is 0.486 e. The molecule has 138 valence electrons. The van der Waals surface area contributed by atoms with Gasteiger partial charge in [0.05, 0.1) is 5.56 Å². The number of furan rings is 1. The summed E-state index contributed by atoms with van der Waals surface area (Å²) in [4.78, 5) is 28.0. The summed E-state index contributed by atoms with van der Waals surface area (Å²) in [5.41, 5.74) is 4.63. The van der Waals surface area contributed by atoms with Gasteiger partial charge in [-0.15, -0.1) is 0 Å². The third-order valence-corrected chi connectivity index (χ3v) is 4.08. The van der Waals surface area contributed by atoms with Crippen LogP contribution >= 0.6 is 27.5 Å². The number of ether oxygens (including phenoxy) is 1. The Bertz CT molecular complexity index is 962. The lowest BCUT2D eigenvalue weighted by molar-refractivity contribution is 0.0828. The maximum atomic E-state index is 12.1. The molecule has 0 spiro atoms. The highest BCUT2D eigenvalue weighted by molar-refractivity contribution is 9.10. The summed E-state index contributed by atoms with van der Waals surface area (Å²) in [6.45, 7) is 0.170. The van der Waals surface area contributed by atoms with Gasteiger partial charge in [0.15, 0.2) is 5.76 Å². The summed E-state index contributed by atoms with van der Waals surface area (Å²) in [5, 5.41) is 0.0169. The molecule has 0 aliphatic rings.